The molecule has 1 heterocycles. The highest BCUT2D eigenvalue weighted by molar-refractivity contribution is 5.93. The molecule has 0 fully saturated rings. The molecule has 1 unspecified atom stereocenters. The molecule has 1 aromatic carbocycles. The van der Waals surface area contributed by atoms with Crippen LogP contribution in [0, 0.1) is 17.7 Å². The number of halogens is 1. The number of rotatable bonds is 3. The molecule has 21 heavy (non-hydrogen) atoms. The van der Waals surface area contributed by atoms with Gasteiger partial charge in [0.15, 0.2) is 0 Å². The number of benzene rings is 1. The molecule has 0 aliphatic heterocycles. The van der Waals surface area contributed by atoms with Crippen LogP contribution in [0.25, 0.3) is 0 Å². The molecule has 0 aliphatic rings. The largest absolute Gasteiger partial charge is 0.384 e. The number of nitrogens with zero attached hydrogens (tertiary/aromatic N) is 2. The Morgan fingerprint density at radius 1 is 1.57 bits per heavy atom. The van der Waals surface area contributed by atoms with Crippen LogP contribution in [0.15, 0.2) is 36.7 Å². The first kappa shape index (κ1) is 14.8. The maximum absolute atomic E-state index is 13.9. The van der Waals surface area contributed by atoms with Crippen molar-refractivity contribution < 1.29 is 14.3 Å². The normalized spacial score (nSPS) is 11.4. The molecule has 2 aromatic rings. The summed E-state index contributed by atoms with van der Waals surface area (Å²) in [6.07, 6.45) is 3.23. The molecule has 0 saturated heterocycles. The molecule has 108 valence electrons. The van der Waals surface area contributed by atoms with E-state index in [0.717, 1.165) is 0 Å². The Balaban J connectivity index is 2.11. The minimum atomic E-state index is -0.583. The quantitative estimate of drug-likeness (QED) is 0.842. The van der Waals surface area contributed by atoms with Gasteiger partial charge in [-0.3, -0.25) is 9.48 Å². The molecule has 1 amide bonds. The van der Waals surface area contributed by atoms with E-state index in [9.17, 15) is 9.18 Å². The Labute approximate surface area is 121 Å². The lowest BCUT2D eigenvalue weighted by Gasteiger charge is -2.13. The Bertz CT molecular complexity index is 687. The minimum Gasteiger partial charge on any atom is -0.384 e. The maximum Gasteiger partial charge on any atom is 0.249 e. The zero-order valence-electron chi connectivity index (χ0n) is 11.4. The fourth-order valence-corrected chi connectivity index (χ4v) is 1.70. The third-order valence-corrected chi connectivity index (χ3v) is 2.84. The van der Waals surface area contributed by atoms with E-state index in [0.29, 0.717) is 5.56 Å². The summed E-state index contributed by atoms with van der Waals surface area (Å²) in [7, 11) is 0. The third-order valence-electron chi connectivity index (χ3n) is 2.84. The van der Waals surface area contributed by atoms with E-state index in [1.165, 1.54) is 16.8 Å². The van der Waals surface area contributed by atoms with Crippen LogP contribution in [0.4, 0.5) is 10.1 Å². The number of anilines is 1. The van der Waals surface area contributed by atoms with Gasteiger partial charge < -0.3 is 10.4 Å². The second-order valence-electron chi connectivity index (χ2n) is 4.31. The second kappa shape index (κ2) is 6.68. The van der Waals surface area contributed by atoms with Gasteiger partial charge in [-0.2, -0.15) is 5.10 Å². The third kappa shape index (κ3) is 3.68. The SMILES string of the molecule is CC(C(=O)Nc1ccc(C#CCO)cc1F)n1cccn1. The van der Waals surface area contributed by atoms with Crippen LogP contribution in [0.1, 0.15) is 18.5 Å². The van der Waals surface area contributed by atoms with Crippen molar-refractivity contribution in [3.63, 3.8) is 0 Å². The van der Waals surface area contributed by atoms with Crippen LogP contribution in [-0.2, 0) is 4.79 Å². The van der Waals surface area contributed by atoms with Crippen LogP contribution >= 0.6 is 0 Å². The van der Waals surface area contributed by atoms with Gasteiger partial charge in [0.25, 0.3) is 0 Å². The van der Waals surface area contributed by atoms with E-state index in [4.69, 9.17) is 5.11 Å². The molecule has 0 aliphatic carbocycles. The Morgan fingerprint density at radius 3 is 3.00 bits per heavy atom. The molecular weight excluding hydrogens is 273 g/mol. The molecule has 2 N–H and O–H groups in total. The number of nitrogens with one attached hydrogen (secondary N) is 1. The van der Waals surface area contributed by atoms with E-state index in [1.54, 1.807) is 31.5 Å². The standard InChI is InChI=1S/C15H14FN3O2/c1-11(19-8-3-7-17-19)15(21)18-14-6-5-12(4-2-9-20)10-13(14)16/h3,5-8,10-11,20H,9H2,1H3,(H,18,21). The van der Waals surface area contributed by atoms with Crippen molar-refractivity contribution in [3.8, 4) is 11.8 Å². The first-order valence-electron chi connectivity index (χ1n) is 6.31. The van der Waals surface area contributed by atoms with Gasteiger partial charge in [-0.15, -0.1) is 0 Å². The average molecular weight is 287 g/mol. The monoisotopic (exact) mass is 287 g/mol. The summed E-state index contributed by atoms with van der Waals surface area (Å²) in [6.45, 7) is 1.38. The first-order valence-corrected chi connectivity index (χ1v) is 6.31. The number of amides is 1. The van der Waals surface area contributed by atoms with Crippen LogP contribution in [0.2, 0.25) is 0 Å². The summed E-state index contributed by atoms with van der Waals surface area (Å²) in [5.74, 6) is 4.07. The van der Waals surface area contributed by atoms with Crippen molar-refractivity contribution in [2.75, 3.05) is 11.9 Å². The molecule has 5 nitrogen and oxygen atoms in total. The number of aliphatic hydroxyl groups excluding tert-OH is 1. The molecule has 6 heteroatoms. The maximum atomic E-state index is 13.9. The molecule has 1 atom stereocenters. The number of carbonyl (C=O) groups is 1. The number of aliphatic hydroxyl groups is 1. The lowest BCUT2D eigenvalue weighted by molar-refractivity contribution is -0.119. The van der Waals surface area contributed by atoms with Gasteiger partial charge in [-0.05, 0) is 31.2 Å². The fraction of sp³-hybridized carbons (Fsp3) is 0.200. The van der Waals surface area contributed by atoms with Crippen molar-refractivity contribution in [1.29, 1.82) is 0 Å². The second-order valence-corrected chi connectivity index (χ2v) is 4.31. The number of aromatic nitrogens is 2. The van der Waals surface area contributed by atoms with Gasteiger partial charge in [-0.1, -0.05) is 11.8 Å². The number of carbonyl (C=O) groups excluding carboxylic acids is 1. The van der Waals surface area contributed by atoms with Crippen LogP contribution in [-0.4, -0.2) is 27.4 Å². The van der Waals surface area contributed by atoms with Crippen molar-refractivity contribution in [2.45, 2.75) is 13.0 Å². The van der Waals surface area contributed by atoms with Crippen LogP contribution in [0.5, 0.6) is 0 Å². The van der Waals surface area contributed by atoms with Crippen molar-refractivity contribution in [1.82, 2.24) is 9.78 Å². The summed E-state index contributed by atoms with van der Waals surface area (Å²) in [4.78, 5) is 12.0. The number of hydrogen-bond acceptors (Lipinski definition) is 3. The molecule has 2 rings (SSSR count). The summed E-state index contributed by atoms with van der Waals surface area (Å²) < 4.78 is 15.4. The topological polar surface area (TPSA) is 67.2 Å². The minimum absolute atomic E-state index is 0.0774. The predicted octanol–water partition coefficient (Wildman–Crippen LogP) is 1.57. The van der Waals surface area contributed by atoms with Gasteiger partial charge in [0, 0.05) is 18.0 Å². The Kier molecular flexibility index (Phi) is 4.69. The first-order chi connectivity index (χ1) is 10.1. The zero-order chi connectivity index (χ0) is 15.2. The van der Waals surface area contributed by atoms with E-state index >= 15 is 0 Å². The molecule has 1 aromatic heterocycles. The molecular formula is C15H14FN3O2. The van der Waals surface area contributed by atoms with E-state index < -0.39 is 11.9 Å². The van der Waals surface area contributed by atoms with Gasteiger partial charge in [0.2, 0.25) is 5.91 Å². The summed E-state index contributed by atoms with van der Waals surface area (Å²) in [5, 5.41) is 15.1. The lowest BCUT2D eigenvalue weighted by atomic mass is 10.2. The molecule has 0 spiro atoms. The van der Waals surface area contributed by atoms with Gasteiger partial charge in [-0.25, -0.2) is 4.39 Å². The Hall–Kier alpha value is -2.65. The fourth-order valence-electron chi connectivity index (χ4n) is 1.70. The van der Waals surface area contributed by atoms with Gasteiger partial charge in [0.1, 0.15) is 18.5 Å². The van der Waals surface area contributed by atoms with E-state index in [2.05, 4.69) is 22.3 Å². The van der Waals surface area contributed by atoms with Crippen LogP contribution < -0.4 is 5.32 Å². The lowest BCUT2D eigenvalue weighted by Crippen LogP contribution is -2.24. The smallest absolute Gasteiger partial charge is 0.249 e. The highest BCUT2D eigenvalue weighted by atomic mass is 19.1. The van der Waals surface area contributed by atoms with Gasteiger partial charge >= 0.3 is 0 Å². The molecule has 0 radical (unpaired) electrons. The Morgan fingerprint density at radius 2 is 2.38 bits per heavy atom. The van der Waals surface area contributed by atoms with E-state index in [-0.39, 0.29) is 18.2 Å². The molecule has 0 bridgehead atoms. The van der Waals surface area contributed by atoms with Crippen molar-refractivity contribution in [3.05, 3.63) is 48.0 Å². The highest BCUT2D eigenvalue weighted by Gasteiger charge is 2.16. The van der Waals surface area contributed by atoms with Crippen LogP contribution in [0.3, 0.4) is 0 Å². The summed E-state index contributed by atoms with van der Waals surface area (Å²) in [6, 6.07) is 5.37. The van der Waals surface area contributed by atoms with Gasteiger partial charge in [0.05, 0.1) is 5.69 Å². The van der Waals surface area contributed by atoms with Crippen molar-refractivity contribution >= 4 is 11.6 Å². The highest BCUT2D eigenvalue weighted by Crippen LogP contribution is 2.17. The van der Waals surface area contributed by atoms with E-state index in [1.807, 2.05) is 0 Å². The van der Waals surface area contributed by atoms with Crippen molar-refractivity contribution in [2.24, 2.45) is 0 Å². The summed E-state index contributed by atoms with van der Waals surface area (Å²) in [5.41, 5.74) is 0.508. The molecule has 0 saturated carbocycles. The number of hydrogen-bond donors (Lipinski definition) is 2. The predicted molar refractivity (Wildman–Crippen MR) is 75.9 cm³/mol. The summed E-state index contributed by atoms with van der Waals surface area (Å²) >= 11 is 0. The average Bonchev–Trinajstić information content (AvgIpc) is 3.01. The zero-order valence-corrected chi connectivity index (χ0v) is 11.4.